The number of aromatic hydroxyl groups is 1. The topological polar surface area (TPSA) is 44.7 Å². The standard InChI is InChI=1S/C13H20N2O2/c1-10(15-7-5-14-6-8-15)11-3-4-13(17-2)12(16)9-11/h3-4,9-10,14,16H,5-8H2,1-2H3/t10-/m0/s1. The van der Waals surface area contributed by atoms with E-state index in [4.69, 9.17) is 4.74 Å². The number of hydrogen-bond donors (Lipinski definition) is 2. The van der Waals surface area contributed by atoms with Crippen LogP contribution in [0.5, 0.6) is 11.5 Å². The fourth-order valence-electron chi connectivity index (χ4n) is 2.25. The lowest BCUT2D eigenvalue weighted by Crippen LogP contribution is -2.44. The Balaban J connectivity index is 2.12. The van der Waals surface area contributed by atoms with Crippen molar-refractivity contribution >= 4 is 0 Å². The van der Waals surface area contributed by atoms with E-state index in [-0.39, 0.29) is 5.75 Å². The van der Waals surface area contributed by atoms with Crippen molar-refractivity contribution in [2.45, 2.75) is 13.0 Å². The first-order chi connectivity index (χ1) is 8.22. The van der Waals surface area contributed by atoms with Crippen LogP contribution in [0.15, 0.2) is 18.2 Å². The van der Waals surface area contributed by atoms with Gasteiger partial charge in [0, 0.05) is 32.2 Å². The van der Waals surface area contributed by atoms with Crippen molar-refractivity contribution in [1.29, 1.82) is 0 Å². The summed E-state index contributed by atoms with van der Waals surface area (Å²) in [5.41, 5.74) is 1.13. The molecular formula is C13H20N2O2. The normalized spacial score (nSPS) is 18.9. The van der Waals surface area contributed by atoms with Crippen molar-refractivity contribution in [2.75, 3.05) is 33.3 Å². The number of ether oxygens (including phenoxy) is 1. The molecule has 2 N–H and O–H groups in total. The van der Waals surface area contributed by atoms with Gasteiger partial charge in [0.2, 0.25) is 0 Å². The third-order valence-corrected chi connectivity index (χ3v) is 3.38. The molecule has 1 aliphatic rings. The Morgan fingerprint density at radius 2 is 2.06 bits per heavy atom. The Labute approximate surface area is 102 Å². The van der Waals surface area contributed by atoms with Crippen LogP contribution in [0.1, 0.15) is 18.5 Å². The summed E-state index contributed by atoms with van der Waals surface area (Å²) in [6.07, 6.45) is 0. The van der Waals surface area contributed by atoms with E-state index in [2.05, 4.69) is 17.1 Å². The number of hydrogen-bond acceptors (Lipinski definition) is 4. The van der Waals surface area contributed by atoms with Crippen LogP contribution in [0.2, 0.25) is 0 Å². The Kier molecular flexibility index (Phi) is 3.86. The van der Waals surface area contributed by atoms with Crippen LogP contribution in [0.3, 0.4) is 0 Å². The highest BCUT2D eigenvalue weighted by Gasteiger charge is 2.18. The first kappa shape index (κ1) is 12.2. The van der Waals surface area contributed by atoms with Gasteiger partial charge in [0.1, 0.15) is 0 Å². The van der Waals surface area contributed by atoms with Crippen molar-refractivity contribution in [3.8, 4) is 11.5 Å². The van der Waals surface area contributed by atoms with Gasteiger partial charge < -0.3 is 15.2 Å². The van der Waals surface area contributed by atoms with E-state index in [1.54, 1.807) is 13.2 Å². The molecule has 0 aromatic heterocycles. The zero-order valence-corrected chi connectivity index (χ0v) is 10.4. The molecule has 1 fully saturated rings. The predicted molar refractivity (Wildman–Crippen MR) is 67.5 cm³/mol. The second kappa shape index (κ2) is 5.38. The second-order valence-electron chi connectivity index (χ2n) is 4.39. The fourth-order valence-corrected chi connectivity index (χ4v) is 2.25. The minimum Gasteiger partial charge on any atom is -0.504 e. The van der Waals surface area contributed by atoms with Crippen molar-refractivity contribution in [3.05, 3.63) is 23.8 Å². The summed E-state index contributed by atoms with van der Waals surface area (Å²) in [5, 5.41) is 13.1. The van der Waals surface area contributed by atoms with Crippen LogP contribution in [-0.2, 0) is 0 Å². The molecule has 1 saturated heterocycles. The number of methoxy groups -OCH3 is 1. The minimum atomic E-state index is 0.215. The van der Waals surface area contributed by atoms with Crippen LogP contribution >= 0.6 is 0 Å². The first-order valence-electron chi connectivity index (χ1n) is 6.04. The van der Waals surface area contributed by atoms with Gasteiger partial charge >= 0.3 is 0 Å². The van der Waals surface area contributed by atoms with Crippen molar-refractivity contribution in [1.82, 2.24) is 10.2 Å². The molecule has 0 amide bonds. The molecule has 0 bridgehead atoms. The molecule has 94 valence electrons. The van der Waals surface area contributed by atoms with Gasteiger partial charge in [-0.15, -0.1) is 0 Å². The van der Waals surface area contributed by atoms with E-state index in [0.717, 1.165) is 31.7 Å². The average molecular weight is 236 g/mol. The van der Waals surface area contributed by atoms with Crippen LogP contribution in [-0.4, -0.2) is 43.3 Å². The third kappa shape index (κ3) is 2.70. The summed E-state index contributed by atoms with van der Waals surface area (Å²) >= 11 is 0. The lowest BCUT2D eigenvalue weighted by atomic mass is 10.1. The molecule has 1 atom stereocenters. The number of phenols is 1. The van der Waals surface area contributed by atoms with Gasteiger partial charge in [-0.25, -0.2) is 0 Å². The number of nitrogens with zero attached hydrogens (tertiary/aromatic N) is 1. The molecule has 0 aliphatic carbocycles. The molecule has 0 saturated carbocycles. The van der Waals surface area contributed by atoms with Crippen molar-refractivity contribution < 1.29 is 9.84 Å². The molecule has 0 spiro atoms. The summed E-state index contributed by atoms with van der Waals surface area (Å²) in [4.78, 5) is 2.41. The van der Waals surface area contributed by atoms with Gasteiger partial charge in [-0.3, -0.25) is 4.90 Å². The molecule has 17 heavy (non-hydrogen) atoms. The maximum absolute atomic E-state index is 9.78. The molecule has 2 rings (SSSR count). The van der Waals surface area contributed by atoms with E-state index in [1.165, 1.54) is 0 Å². The molecular weight excluding hydrogens is 216 g/mol. The molecule has 0 unspecified atom stereocenters. The minimum absolute atomic E-state index is 0.215. The number of nitrogens with one attached hydrogen (secondary N) is 1. The molecule has 1 aromatic rings. The van der Waals surface area contributed by atoms with Crippen LogP contribution in [0.4, 0.5) is 0 Å². The maximum atomic E-state index is 9.78. The number of benzene rings is 1. The Morgan fingerprint density at radius 3 is 2.65 bits per heavy atom. The van der Waals surface area contributed by atoms with E-state index in [0.29, 0.717) is 11.8 Å². The average Bonchev–Trinajstić information content (AvgIpc) is 2.39. The SMILES string of the molecule is COc1ccc([C@H](C)N2CCNCC2)cc1O. The maximum Gasteiger partial charge on any atom is 0.160 e. The van der Waals surface area contributed by atoms with E-state index < -0.39 is 0 Å². The predicted octanol–water partition coefficient (Wildman–Crippen LogP) is 1.37. The van der Waals surface area contributed by atoms with Gasteiger partial charge in [0.25, 0.3) is 0 Å². The largest absolute Gasteiger partial charge is 0.504 e. The monoisotopic (exact) mass is 236 g/mol. The van der Waals surface area contributed by atoms with Crippen molar-refractivity contribution in [3.63, 3.8) is 0 Å². The summed E-state index contributed by atoms with van der Waals surface area (Å²) in [7, 11) is 1.56. The number of piperazine rings is 1. The highest BCUT2D eigenvalue weighted by atomic mass is 16.5. The second-order valence-corrected chi connectivity index (χ2v) is 4.39. The zero-order chi connectivity index (χ0) is 12.3. The lowest BCUT2D eigenvalue weighted by molar-refractivity contribution is 0.185. The summed E-state index contributed by atoms with van der Waals surface area (Å²) in [5.74, 6) is 0.744. The summed E-state index contributed by atoms with van der Waals surface area (Å²) in [6, 6.07) is 5.97. The van der Waals surface area contributed by atoms with Gasteiger partial charge in [0.15, 0.2) is 11.5 Å². The van der Waals surface area contributed by atoms with E-state index >= 15 is 0 Å². The number of phenolic OH excluding ortho intramolecular Hbond substituents is 1. The molecule has 1 aliphatic heterocycles. The van der Waals surface area contributed by atoms with Crippen LogP contribution < -0.4 is 10.1 Å². The summed E-state index contributed by atoms with van der Waals surface area (Å²) in [6.45, 7) is 6.34. The van der Waals surface area contributed by atoms with Crippen LogP contribution in [0.25, 0.3) is 0 Å². The highest BCUT2D eigenvalue weighted by molar-refractivity contribution is 5.42. The Hall–Kier alpha value is -1.26. The smallest absolute Gasteiger partial charge is 0.160 e. The molecule has 4 nitrogen and oxygen atoms in total. The van der Waals surface area contributed by atoms with Crippen LogP contribution in [0, 0.1) is 0 Å². The molecule has 1 heterocycles. The van der Waals surface area contributed by atoms with Gasteiger partial charge in [0.05, 0.1) is 7.11 Å². The van der Waals surface area contributed by atoms with Crippen molar-refractivity contribution in [2.24, 2.45) is 0 Å². The molecule has 1 aromatic carbocycles. The van der Waals surface area contributed by atoms with Gasteiger partial charge in [-0.05, 0) is 24.6 Å². The van der Waals surface area contributed by atoms with Gasteiger partial charge in [-0.1, -0.05) is 6.07 Å². The first-order valence-corrected chi connectivity index (χ1v) is 6.04. The number of rotatable bonds is 3. The third-order valence-electron chi connectivity index (χ3n) is 3.38. The zero-order valence-electron chi connectivity index (χ0n) is 10.4. The lowest BCUT2D eigenvalue weighted by Gasteiger charge is -2.33. The Morgan fingerprint density at radius 1 is 1.35 bits per heavy atom. The Bertz CT molecular complexity index is 376. The van der Waals surface area contributed by atoms with Gasteiger partial charge in [-0.2, -0.15) is 0 Å². The quantitative estimate of drug-likeness (QED) is 0.832. The highest BCUT2D eigenvalue weighted by Crippen LogP contribution is 2.30. The summed E-state index contributed by atoms with van der Waals surface area (Å²) < 4.78 is 5.05. The molecule has 0 radical (unpaired) electrons. The van der Waals surface area contributed by atoms with E-state index in [9.17, 15) is 5.11 Å². The molecule has 4 heteroatoms. The van der Waals surface area contributed by atoms with E-state index in [1.807, 2.05) is 12.1 Å². The fraction of sp³-hybridized carbons (Fsp3) is 0.538.